The van der Waals surface area contributed by atoms with E-state index in [0.29, 0.717) is 6.04 Å². The molecule has 1 aromatic rings. The van der Waals surface area contributed by atoms with E-state index < -0.39 is 0 Å². The molecule has 0 aliphatic rings. The summed E-state index contributed by atoms with van der Waals surface area (Å²) in [5.41, 5.74) is 2.87. The minimum Gasteiger partial charge on any atom is -0.309 e. The Kier molecular flexibility index (Phi) is 8.24. The van der Waals surface area contributed by atoms with Crippen LogP contribution in [0.25, 0.3) is 0 Å². The number of benzene rings is 1. The van der Waals surface area contributed by atoms with Crippen LogP contribution in [-0.2, 0) is 0 Å². The molecule has 1 unspecified atom stereocenters. The van der Waals surface area contributed by atoms with Crippen LogP contribution in [0, 0.1) is 12.8 Å². The maximum absolute atomic E-state index is 3.69. The largest absolute Gasteiger partial charge is 0.309 e. The molecule has 1 N–H and O–H groups in total. The highest BCUT2D eigenvalue weighted by Crippen LogP contribution is 2.22. The molecule has 0 saturated carbocycles. The van der Waals surface area contributed by atoms with Gasteiger partial charge in [0.25, 0.3) is 0 Å². The molecule has 2 heteroatoms. The van der Waals surface area contributed by atoms with E-state index in [2.05, 4.69) is 69.0 Å². The third-order valence-electron chi connectivity index (χ3n) is 3.33. The zero-order chi connectivity index (χ0) is 14.1. The van der Waals surface area contributed by atoms with Crippen molar-refractivity contribution in [2.24, 2.45) is 5.92 Å². The first kappa shape index (κ1) is 16.6. The average molecular weight is 279 g/mol. The summed E-state index contributed by atoms with van der Waals surface area (Å²) in [6, 6.07) is 9.27. The first-order valence-corrected chi connectivity index (χ1v) is 8.67. The Balaban J connectivity index is 2.54. The van der Waals surface area contributed by atoms with Crippen LogP contribution in [0.3, 0.4) is 0 Å². The standard InChI is InChI=1S/C17H29NS/c1-5-11-18-17(13-19-12-10-14(2)3)16-9-7-6-8-15(16)4/h6-9,14,17-18H,5,10-13H2,1-4H3. The van der Waals surface area contributed by atoms with Crippen molar-refractivity contribution in [3.05, 3.63) is 35.4 Å². The second kappa shape index (κ2) is 9.44. The quantitative estimate of drug-likeness (QED) is 0.651. The number of thioether (sulfide) groups is 1. The van der Waals surface area contributed by atoms with Gasteiger partial charge in [0, 0.05) is 11.8 Å². The smallest absolute Gasteiger partial charge is 0.0414 e. The van der Waals surface area contributed by atoms with Crippen molar-refractivity contribution in [3.8, 4) is 0 Å². The molecule has 0 radical (unpaired) electrons. The van der Waals surface area contributed by atoms with Crippen molar-refractivity contribution < 1.29 is 0 Å². The van der Waals surface area contributed by atoms with Gasteiger partial charge in [0.15, 0.2) is 0 Å². The average Bonchev–Trinajstić information content (AvgIpc) is 2.39. The molecular weight excluding hydrogens is 250 g/mol. The Morgan fingerprint density at radius 3 is 2.58 bits per heavy atom. The number of hydrogen-bond donors (Lipinski definition) is 1. The van der Waals surface area contributed by atoms with E-state index in [1.54, 1.807) is 0 Å². The van der Waals surface area contributed by atoms with Crippen molar-refractivity contribution in [3.63, 3.8) is 0 Å². The molecule has 0 aliphatic heterocycles. The van der Waals surface area contributed by atoms with Crippen LogP contribution in [0.4, 0.5) is 0 Å². The number of hydrogen-bond acceptors (Lipinski definition) is 2. The molecule has 0 amide bonds. The Morgan fingerprint density at radius 1 is 1.21 bits per heavy atom. The number of aryl methyl sites for hydroxylation is 1. The van der Waals surface area contributed by atoms with Crippen LogP contribution in [0.5, 0.6) is 0 Å². The highest BCUT2D eigenvalue weighted by Gasteiger charge is 2.12. The Bertz CT molecular complexity index is 349. The summed E-state index contributed by atoms with van der Waals surface area (Å²) in [4.78, 5) is 0. The molecule has 0 aliphatic carbocycles. The fraction of sp³-hybridized carbons (Fsp3) is 0.647. The fourth-order valence-corrected chi connectivity index (χ4v) is 3.41. The number of nitrogens with one attached hydrogen (secondary N) is 1. The van der Waals surface area contributed by atoms with Crippen LogP contribution >= 0.6 is 11.8 Å². The molecule has 1 atom stereocenters. The summed E-state index contributed by atoms with van der Waals surface area (Å²) in [5, 5.41) is 3.69. The summed E-state index contributed by atoms with van der Waals surface area (Å²) < 4.78 is 0. The summed E-state index contributed by atoms with van der Waals surface area (Å²) in [7, 11) is 0. The lowest BCUT2D eigenvalue weighted by Crippen LogP contribution is -2.25. The van der Waals surface area contributed by atoms with Crippen molar-refractivity contribution in [1.29, 1.82) is 0 Å². The lowest BCUT2D eigenvalue weighted by atomic mass is 10.0. The molecule has 1 aromatic carbocycles. The molecule has 0 saturated heterocycles. The highest BCUT2D eigenvalue weighted by molar-refractivity contribution is 7.99. The van der Waals surface area contributed by atoms with Gasteiger partial charge >= 0.3 is 0 Å². The Morgan fingerprint density at radius 2 is 1.95 bits per heavy atom. The van der Waals surface area contributed by atoms with E-state index in [9.17, 15) is 0 Å². The number of rotatable bonds is 9. The van der Waals surface area contributed by atoms with Crippen molar-refractivity contribution in [1.82, 2.24) is 5.32 Å². The molecule has 0 fully saturated rings. The maximum atomic E-state index is 3.69. The summed E-state index contributed by atoms with van der Waals surface area (Å²) in [6.45, 7) is 10.1. The summed E-state index contributed by atoms with van der Waals surface area (Å²) in [6.07, 6.45) is 2.51. The topological polar surface area (TPSA) is 12.0 Å². The van der Waals surface area contributed by atoms with Crippen LogP contribution in [0.2, 0.25) is 0 Å². The van der Waals surface area contributed by atoms with Gasteiger partial charge in [0.2, 0.25) is 0 Å². The zero-order valence-electron chi connectivity index (χ0n) is 12.9. The second-order valence-corrected chi connectivity index (χ2v) is 6.77. The van der Waals surface area contributed by atoms with Gasteiger partial charge in [0.05, 0.1) is 0 Å². The van der Waals surface area contributed by atoms with E-state index in [4.69, 9.17) is 0 Å². The SMILES string of the molecule is CCCNC(CSCCC(C)C)c1ccccc1C. The van der Waals surface area contributed by atoms with E-state index in [0.717, 1.165) is 12.5 Å². The predicted molar refractivity (Wildman–Crippen MR) is 89.0 cm³/mol. The third kappa shape index (κ3) is 6.49. The zero-order valence-corrected chi connectivity index (χ0v) is 13.7. The molecule has 1 rings (SSSR count). The van der Waals surface area contributed by atoms with Crippen LogP contribution in [0.1, 0.15) is 50.8 Å². The fourth-order valence-electron chi connectivity index (χ4n) is 2.08. The molecule has 0 spiro atoms. The van der Waals surface area contributed by atoms with E-state index in [1.165, 1.54) is 35.5 Å². The van der Waals surface area contributed by atoms with Crippen LogP contribution in [-0.4, -0.2) is 18.1 Å². The first-order chi connectivity index (χ1) is 9.15. The van der Waals surface area contributed by atoms with E-state index in [1.807, 2.05) is 0 Å². The maximum Gasteiger partial charge on any atom is 0.0414 e. The van der Waals surface area contributed by atoms with Gasteiger partial charge in [-0.3, -0.25) is 0 Å². The van der Waals surface area contributed by atoms with Gasteiger partial charge in [-0.1, -0.05) is 45.0 Å². The normalized spacial score (nSPS) is 12.9. The summed E-state index contributed by atoms with van der Waals surface area (Å²) in [5.74, 6) is 3.26. The molecule has 0 aromatic heterocycles. The lowest BCUT2D eigenvalue weighted by molar-refractivity contribution is 0.574. The second-order valence-electron chi connectivity index (χ2n) is 5.62. The molecular formula is C17H29NS. The van der Waals surface area contributed by atoms with Gasteiger partial charge in [-0.05, 0) is 49.1 Å². The molecule has 108 valence electrons. The Hall–Kier alpha value is -0.470. The summed E-state index contributed by atoms with van der Waals surface area (Å²) >= 11 is 2.08. The van der Waals surface area contributed by atoms with Gasteiger partial charge in [0.1, 0.15) is 0 Å². The van der Waals surface area contributed by atoms with Gasteiger partial charge in [-0.25, -0.2) is 0 Å². The van der Waals surface area contributed by atoms with E-state index >= 15 is 0 Å². The Labute approximate surface area is 123 Å². The highest BCUT2D eigenvalue weighted by atomic mass is 32.2. The monoisotopic (exact) mass is 279 g/mol. The van der Waals surface area contributed by atoms with Crippen molar-refractivity contribution >= 4 is 11.8 Å². The third-order valence-corrected chi connectivity index (χ3v) is 4.42. The lowest BCUT2D eigenvalue weighted by Gasteiger charge is -2.21. The molecule has 0 bridgehead atoms. The van der Waals surface area contributed by atoms with Crippen LogP contribution in [0.15, 0.2) is 24.3 Å². The van der Waals surface area contributed by atoms with Crippen LogP contribution < -0.4 is 5.32 Å². The molecule has 1 nitrogen and oxygen atoms in total. The van der Waals surface area contributed by atoms with Gasteiger partial charge in [-0.2, -0.15) is 11.8 Å². The molecule has 0 heterocycles. The van der Waals surface area contributed by atoms with Crippen molar-refractivity contribution in [2.45, 2.75) is 46.6 Å². The molecule has 19 heavy (non-hydrogen) atoms. The van der Waals surface area contributed by atoms with E-state index in [-0.39, 0.29) is 0 Å². The predicted octanol–water partition coefficient (Wildman–Crippen LogP) is 4.82. The van der Waals surface area contributed by atoms with Gasteiger partial charge in [-0.15, -0.1) is 0 Å². The van der Waals surface area contributed by atoms with Crippen molar-refractivity contribution in [2.75, 3.05) is 18.1 Å². The van der Waals surface area contributed by atoms with Gasteiger partial charge < -0.3 is 5.32 Å². The minimum absolute atomic E-state index is 0.498. The minimum atomic E-state index is 0.498. The first-order valence-electron chi connectivity index (χ1n) is 7.51.